The highest BCUT2D eigenvalue weighted by Crippen LogP contribution is 2.57. The van der Waals surface area contributed by atoms with E-state index in [9.17, 15) is 0 Å². The van der Waals surface area contributed by atoms with Gasteiger partial charge in [-0.25, -0.2) is 0 Å². The minimum absolute atomic E-state index is 0.271. The Bertz CT molecular complexity index is 966. The molecule has 7 heteroatoms. The number of likely N-dealkylation sites (tertiary alicyclic amines) is 1. The molecule has 3 aromatic rings. The highest BCUT2D eigenvalue weighted by molar-refractivity contribution is 5.91. The number of ether oxygens (including phenoxy) is 1. The molecule has 148 valence electrons. The number of nitrogens with zero attached hydrogens (tertiary/aromatic N) is 5. The molecule has 0 spiro atoms. The molecule has 0 N–H and O–H groups in total. The molecule has 28 heavy (non-hydrogen) atoms. The summed E-state index contributed by atoms with van der Waals surface area (Å²) in [6.45, 7) is 8.46. The lowest BCUT2D eigenvalue weighted by molar-refractivity contribution is 0.175. The first-order valence-electron chi connectivity index (χ1n) is 10.2. The summed E-state index contributed by atoms with van der Waals surface area (Å²) in [6, 6.07) is 8.50. The number of benzene rings is 1. The van der Waals surface area contributed by atoms with E-state index in [0.29, 0.717) is 23.6 Å². The van der Waals surface area contributed by atoms with Gasteiger partial charge in [-0.2, -0.15) is 5.10 Å². The molecule has 2 aromatic heterocycles. The number of fused-ring (bicyclic) bond motifs is 2. The van der Waals surface area contributed by atoms with Crippen molar-refractivity contribution in [2.45, 2.75) is 32.2 Å². The third kappa shape index (κ3) is 2.93. The van der Waals surface area contributed by atoms with Crippen LogP contribution < -0.4 is 0 Å². The molecule has 0 bridgehead atoms. The highest BCUT2D eigenvalue weighted by Gasteiger charge is 2.58. The minimum atomic E-state index is 0.271. The van der Waals surface area contributed by atoms with Crippen LogP contribution in [0.25, 0.3) is 22.5 Å². The Kier molecular flexibility index (Phi) is 4.44. The van der Waals surface area contributed by atoms with E-state index in [4.69, 9.17) is 14.3 Å². The zero-order chi connectivity index (χ0) is 19.3. The maximum absolute atomic E-state index is 6.13. The number of hydrogen-bond donors (Lipinski definition) is 0. The van der Waals surface area contributed by atoms with Crippen molar-refractivity contribution in [1.82, 2.24) is 24.9 Å². The average molecular weight is 381 g/mol. The van der Waals surface area contributed by atoms with Gasteiger partial charge in [-0.1, -0.05) is 18.2 Å². The Morgan fingerprint density at radius 3 is 2.71 bits per heavy atom. The SMILES string of the molecule is COCCCN1CC2C(C1)C2c1nnc(-c2nn(C(C)C)c3ccccc23)o1. The summed E-state index contributed by atoms with van der Waals surface area (Å²) >= 11 is 0. The van der Waals surface area contributed by atoms with Gasteiger partial charge in [-0.15, -0.1) is 10.2 Å². The standard InChI is InChI=1S/C21H27N5O2/c1-13(2)26-17-8-5-4-7-14(17)19(24-26)21-23-22-20(28-21)18-15-11-25(12-16(15)18)9-6-10-27-3/h4-5,7-8,13,15-16,18H,6,9-12H2,1-3H3. The first-order chi connectivity index (χ1) is 13.7. The molecule has 2 fully saturated rings. The van der Waals surface area contributed by atoms with Crippen molar-refractivity contribution in [3.63, 3.8) is 0 Å². The fourth-order valence-electron chi connectivity index (χ4n) is 4.70. The van der Waals surface area contributed by atoms with Gasteiger partial charge in [0.05, 0.1) is 5.52 Å². The molecule has 1 aliphatic carbocycles. The van der Waals surface area contributed by atoms with Crippen molar-refractivity contribution < 1.29 is 9.15 Å². The third-order valence-electron chi connectivity index (χ3n) is 6.12. The van der Waals surface area contributed by atoms with Crippen LogP contribution in [0.5, 0.6) is 0 Å². The predicted octanol–water partition coefficient (Wildman–Crippen LogP) is 3.35. The first-order valence-corrected chi connectivity index (χ1v) is 10.2. The van der Waals surface area contributed by atoms with Crippen molar-refractivity contribution >= 4 is 10.9 Å². The zero-order valence-corrected chi connectivity index (χ0v) is 16.7. The maximum atomic E-state index is 6.13. The summed E-state index contributed by atoms with van der Waals surface area (Å²) in [7, 11) is 1.76. The molecule has 1 aromatic carbocycles. The van der Waals surface area contributed by atoms with Gasteiger partial charge in [0.2, 0.25) is 5.89 Å². The Hall–Kier alpha value is -2.25. The van der Waals surface area contributed by atoms with Gasteiger partial charge >= 0.3 is 0 Å². The molecule has 1 saturated carbocycles. The Balaban J connectivity index is 1.33. The quantitative estimate of drug-likeness (QED) is 0.585. The molecule has 2 unspecified atom stereocenters. The lowest BCUT2D eigenvalue weighted by atomic mass is 10.2. The van der Waals surface area contributed by atoms with E-state index in [0.717, 1.165) is 55.1 Å². The maximum Gasteiger partial charge on any atom is 0.268 e. The van der Waals surface area contributed by atoms with Gasteiger partial charge in [0, 0.05) is 50.7 Å². The van der Waals surface area contributed by atoms with Crippen LogP contribution >= 0.6 is 0 Å². The summed E-state index contributed by atoms with van der Waals surface area (Å²) in [4.78, 5) is 2.53. The van der Waals surface area contributed by atoms with E-state index >= 15 is 0 Å². The van der Waals surface area contributed by atoms with E-state index in [1.165, 1.54) is 0 Å². The number of hydrogen-bond acceptors (Lipinski definition) is 6. The van der Waals surface area contributed by atoms with Crippen LogP contribution in [0.4, 0.5) is 0 Å². The van der Waals surface area contributed by atoms with Crippen LogP contribution in [0.1, 0.15) is 38.1 Å². The fourth-order valence-corrected chi connectivity index (χ4v) is 4.70. The normalized spacial score (nSPS) is 24.4. The van der Waals surface area contributed by atoms with Crippen LogP contribution in [0, 0.1) is 11.8 Å². The molecule has 2 aliphatic rings. The molecule has 0 amide bonds. The topological polar surface area (TPSA) is 69.2 Å². The van der Waals surface area contributed by atoms with Crippen molar-refractivity contribution in [2.75, 3.05) is 33.4 Å². The van der Waals surface area contributed by atoms with Crippen molar-refractivity contribution in [2.24, 2.45) is 11.8 Å². The van der Waals surface area contributed by atoms with E-state index in [1.807, 2.05) is 16.8 Å². The number of para-hydroxylation sites is 1. The number of rotatable bonds is 7. The summed E-state index contributed by atoms with van der Waals surface area (Å²) in [5.41, 5.74) is 1.89. The average Bonchev–Trinajstić information content (AvgIpc) is 3.13. The summed E-state index contributed by atoms with van der Waals surface area (Å²) in [5.74, 6) is 3.04. The summed E-state index contributed by atoms with van der Waals surface area (Å²) < 4.78 is 13.3. The van der Waals surface area contributed by atoms with Crippen molar-refractivity contribution in [1.29, 1.82) is 0 Å². The second-order valence-corrected chi connectivity index (χ2v) is 8.31. The second kappa shape index (κ2) is 6.97. The van der Waals surface area contributed by atoms with Gasteiger partial charge < -0.3 is 14.1 Å². The fraction of sp³-hybridized carbons (Fsp3) is 0.571. The Morgan fingerprint density at radius 2 is 1.96 bits per heavy atom. The molecule has 1 aliphatic heterocycles. The Labute approximate surface area is 164 Å². The largest absolute Gasteiger partial charge is 0.419 e. The number of aromatic nitrogens is 4. The van der Waals surface area contributed by atoms with Crippen LogP contribution in [0.3, 0.4) is 0 Å². The second-order valence-electron chi connectivity index (χ2n) is 8.31. The van der Waals surface area contributed by atoms with Crippen LogP contribution in [0.15, 0.2) is 28.7 Å². The van der Waals surface area contributed by atoms with E-state index in [1.54, 1.807) is 7.11 Å². The molecular formula is C21H27N5O2. The van der Waals surface area contributed by atoms with Crippen LogP contribution in [-0.4, -0.2) is 58.2 Å². The molecule has 2 atom stereocenters. The van der Waals surface area contributed by atoms with E-state index in [2.05, 4.69) is 41.1 Å². The molecule has 1 saturated heterocycles. The molecular weight excluding hydrogens is 354 g/mol. The van der Waals surface area contributed by atoms with E-state index in [-0.39, 0.29) is 6.04 Å². The minimum Gasteiger partial charge on any atom is -0.419 e. The van der Waals surface area contributed by atoms with Crippen LogP contribution in [-0.2, 0) is 4.74 Å². The molecule has 0 radical (unpaired) electrons. The predicted molar refractivity (Wildman–Crippen MR) is 106 cm³/mol. The number of methoxy groups -OCH3 is 1. The van der Waals surface area contributed by atoms with Crippen LogP contribution in [0.2, 0.25) is 0 Å². The van der Waals surface area contributed by atoms with Gasteiger partial charge in [-0.3, -0.25) is 4.68 Å². The molecule has 3 heterocycles. The Morgan fingerprint density at radius 1 is 1.18 bits per heavy atom. The van der Waals surface area contributed by atoms with Gasteiger partial charge in [-0.05, 0) is 38.2 Å². The third-order valence-corrected chi connectivity index (χ3v) is 6.12. The first kappa shape index (κ1) is 17.8. The lowest BCUT2D eigenvalue weighted by Crippen LogP contribution is -2.26. The van der Waals surface area contributed by atoms with Gasteiger partial charge in [0.25, 0.3) is 5.89 Å². The van der Waals surface area contributed by atoms with Gasteiger partial charge in [0.1, 0.15) is 0 Å². The lowest BCUT2D eigenvalue weighted by Gasteiger charge is -2.18. The van der Waals surface area contributed by atoms with Crippen molar-refractivity contribution in [3.05, 3.63) is 30.2 Å². The van der Waals surface area contributed by atoms with Gasteiger partial charge in [0.15, 0.2) is 5.69 Å². The smallest absolute Gasteiger partial charge is 0.268 e. The summed E-state index contributed by atoms with van der Waals surface area (Å²) in [5, 5.41) is 14.6. The summed E-state index contributed by atoms with van der Waals surface area (Å²) in [6.07, 6.45) is 1.09. The number of piperidine rings is 1. The van der Waals surface area contributed by atoms with Crippen molar-refractivity contribution in [3.8, 4) is 11.6 Å². The molecule has 5 rings (SSSR count). The highest BCUT2D eigenvalue weighted by atomic mass is 16.5. The molecule has 7 nitrogen and oxygen atoms in total. The monoisotopic (exact) mass is 381 g/mol. The van der Waals surface area contributed by atoms with E-state index < -0.39 is 0 Å². The zero-order valence-electron chi connectivity index (χ0n) is 16.7.